The molecule has 132 valence electrons. The van der Waals surface area contributed by atoms with E-state index in [1.54, 1.807) is 0 Å². The van der Waals surface area contributed by atoms with E-state index in [1.807, 2.05) is 13.2 Å². The molecule has 24 heavy (non-hydrogen) atoms. The summed E-state index contributed by atoms with van der Waals surface area (Å²) in [5, 5.41) is 0. The van der Waals surface area contributed by atoms with Crippen molar-refractivity contribution in [3.8, 4) is 0 Å². The molecule has 4 unspecified atom stereocenters. The van der Waals surface area contributed by atoms with Crippen LogP contribution in [0.3, 0.4) is 0 Å². The minimum atomic E-state index is 0.0375. The van der Waals surface area contributed by atoms with E-state index in [9.17, 15) is 4.79 Å². The fourth-order valence-corrected chi connectivity index (χ4v) is 5.33. The van der Waals surface area contributed by atoms with Gasteiger partial charge in [0.1, 0.15) is 6.29 Å². The van der Waals surface area contributed by atoms with Crippen LogP contribution in [-0.2, 0) is 9.53 Å². The number of methoxy groups -OCH3 is 1. The molecule has 4 atom stereocenters. The molecule has 0 amide bonds. The predicted octanol–water partition coefficient (Wildman–Crippen LogP) is 4.26. The van der Waals surface area contributed by atoms with E-state index in [0.29, 0.717) is 18.1 Å². The first kappa shape index (κ1) is 17.5. The van der Waals surface area contributed by atoms with Gasteiger partial charge in [-0.1, -0.05) is 30.7 Å². The van der Waals surface area contributed by atoms with E-state index in [1.165, 1.54) is 17.7 Å². The Hall–Kier alpha value is -1.35. The van der Waals surface area contributed by atoms with Crippen molar-refractivity contribution in [1.82, 2.24) is 4.90 Å². The number of hydrogen-bond acceptors (Lipinski definition) is 3. The molecule has 1 saturated heterocycles. The first-order valence-corrected chi connectivity index (χ1v) is 9.44. The SMILES string of the molecule is CCN1/C(=C\C=O)C(C)(CC2=CC=CCC2)C2CC(OC)CCC21. The lowest BCUT2D eigenvalue weighted by atomic mass is 9.65. The highest BCUT2D eigenvalue weighted by atomic mass is 16.5. The fraction of sp³-hybridized carbons (Fsp3) is 0.667. The second-order valence-electron chi connectivity index (χ2n) is 7.70. The number of likely N-dealkylation sites (tertiary alicyclic amines) is 1. The van der Waals surface area contributed by atoms with Gasteiger partial charge in [-0.3, -0.25) is 4.79 Å². The number of nitrogens with zero attached hydrogens (tertiary/aromatic N) is 1. The van der Waals surface area contributed by atoms with Gasteiger partial charge < -0.3 is 9.64 Å². The number of carbonyl (C=O) groups is 1. The van der Waals surface area contributed by atoms with Gasteiger partial charge in [-0.2, -0.15) is 0 Å². The summed E-state index contributed by atoms with van der Waals surface area (Å²) in [5.41, 5.74) is 2.81. The van der Waals surface area contributed by atoms with Crippen LogP contribution in [0.4, 0.5) is 0 Å². The third-order valence-corrected chi connectivity index (χ3v) is 6.47. The van der Waals surface area contributed by atoms with E-state index in [4.69, 9.17) is 4.74 Å². The molecule has 0 N–H and O–H groups in total. The monoisotopic (exact) mass is 329 g/mol. The molecule has 1 heterocycles. The molecule has 0 radical (unpaired) electrons. The van der Waals surface area contributed by atoms with Crippen molar-refractivity contribution in [3.63, 3.8) is 0 Å². The molecular formula is C21H31NO2. The minimum absolute atomic E-state index is 0.0375. The molecule has 0 bridgehead atoms. The van der Waals surface area contributed by atoms with Crippen LogP contribution in [0.5, 0.6) is 0 Å². The maximum atomic E-state index is 11.4. The molecule has 1 aliphatic heterocycles. The lowest BCUT2D eigenvalue weighted by Crippen LogP contribution is -2.40. The summed E-state index contributed by atoms with van der Waals surface area (Å²) < 4.78 is 5.71. The molecule has 3 heteroatoms. The Morgan fingerprint density at radius 3 is 2.88 bits per heavy atom. The second kappa shape index (κ2) is 7.26. The van der Waals surface area contributed by atoms with E-state index < -0.39 is 0 Å². The lowest BCUT2D eigenvalue weighted by Gasteiger charge is -2.39. The number of rotatable bonds is 5. The van der Waals surface area contributed by atoms with Crippen LogP contribution in [0.2, 0.25) is 0 Å². The van der Waals surface area contributed by atoms with Crippen molar-refractivity contribution in [2.75, 3.05) is 13.7 Å². The van der Waals surface area contributed by atoms with Crippen molar-refractivity contribution in [2.24, 2.45) is 11.3 Å². The number of carbonyl (C=O) groups excluding carboxylic acids is 1. The summed E-state index contributed by atoms with van der Waals surface area (Å²) in [7, 11) is 1.84. The van der Waals surface area contributed by atoms with Gasteiger partial charge in [0.25, 0.3) is 0 Å². The van der Waals surface area contributed by atoms with Gasteiger partial charge in [0.2, 0.25) is 0 Å². The topological polar surface area (TPSA) is 29.5 Å². The van der Waals surface area contributed by atoms with Crippen molar-refractivity contribution in [1.29, 1.82) is 0 Å². The Morgan fingerprint density at radius 2 is 2.25 bits per heavy atom. The van der Waals surface area contributed by atoms with Crippen LogP contribution < -0.4 is 0 Å². The highest BCUT2D eigenvalue weighted by Gasteiger charge is 2.54. The third-order valence-electron chi connectivity index (χ3n) is 6.47. The first-order valence-electron chi connectivity index (χ1n) is 9.44. The summed E-state index contributed by atoms with van der Waals surface area (Å²) >= 11 is 0. The smallest absolute Gasteiger partial charge is 0.144 e. The highest BCUT2D eigenvalue weighted by Crippen LogP contribution is 2.56. The van der Waals surface area contributed by atoms with Gasteiger partial charge in [0, 0.05) is 30.8 Å². The average Bonchev–Trinajstić information content (AvgIpc) is 2.84. The standard InChI is InChI=1S/C21H31NO2/c1-4-22-19-11-10-17(24-3)14-18(19)21(2,20(22)12-13-23)15-16-8-6-5-7-9-16/h5-6,8,12-13,17-19H,4,7,9-11,14-15H2,1-3H3/b20-12-. The van der Waals surface area contributed by atoms with Gasteiger partial charge in [0.05, 0.1) is 6.10 Å². The van der Waals surface area contributed by atoms with Crippen molar-refractivity contribution in [3.05, 3.63) is 35.6 Å². The lowest BCUT2D eigenvalue weighted by molar-refractivity contribution is -0.104. The number of ether oxygens (including phenoxy) is 1. The molecule has 3 rings (SSSR count). The summed E-state index contributed by atoms with van der Waals surface area (Å²) in [6.45, 7) is 5.58. The van der Waals surface area contributed by atoms with E-state index in [0.717, 1.165) is 44.9 Å². The molecule has 2 fully saturated rings. The number of hydrogen-bond donors (Lipinski definition) is 0. The summed E-state index contributed by atoms with van der Waals surface area (Å²) in [5.74, 6) is 0.564. The predicted molar refractivity (Wildman–Crippen MR) is 97.6 cm³/mol. The zero-order valence-corrected chi connectivity index (χ0v) is 15.3. The zero-order chi connectivity index (χ0) is 17.2. The Balaban J connectivity index is 1.97. The molecule has 3 aliphatic rings. The summed E-state index contributed by atoms with van der Waals surface area (Å²) in [4.78, 5) is 13.9. The first-order chi connectivity index (χ1) is 11.6. The molecule has 3 nitrogen and oxygen atoms in total. The van der Waals surface area contributed by atoms with Crippen LogP contribution >= 0.6 is 0 Å². The zero-order valence-electron chi connectivity index (χ0n) is 15.3. The van der Waals surface area contributed by atoms with Crippen LogP contribution in [-0.4, -0.2) is 37.0 Å². The molecule has 0 aromatic heterocycles. The van der Waals surface area contributed by atoms with Gasteiger partial charge >= 0.3 is 0 Å². The Bertz CT molecular complexity index is 562. The summed E-state index contributed by atoms with van der Waals surface area (Å²) in [6.07, 6.45) is 16.6. The van der Waals surface area contributed by atoms with Gasteiger partial charge in [-0.25, -0.2) is 0 Å². The highest BCUT2D eigenvalue weighted by molar-refractivity contribution is 5.67. The van der Waals surface area contributed by atoms with Gasteiger partial charge in [0.15, 0.2) is 0 Å². The second-order valence-corrected chi connectivity index (χ2v) is 7.70. The molecule has 0 aromatic carbocycles. The average molecular weight is 329 g/mol. The number of aldehydes is 1. The number of allylic oxidation sites excluding steroid dienone is 6. The van der Waals surface area contributed by atoms with Crippen LogP contribution in [0.15, 0.2) is 35.6 Å². The third kappa shape index (κ3) is 2.99. The minimum Gasteiger partial charge on any atom is -0.381 e. The molecule has 0 spiro atoms. The molecule has 0 aromatic rings. The summed E-state index contributed by atoms with van der Waals surface area (Å²) in [6, 6.07) is 0.553. The molecule has 2 aliphatic carbocycles. The van der Waals surface area contributed by atoms with Gasteiger partial charge in [-0.05, 0) is 57.4 Å². The maximum Gasteiger partial charge on any atom is 0.144 e. The fourth-order valence-electron chi connectivity index (χ4n) is 5.33. The van der Waals surface area contributed by atoms with E-state index in [-0.39, 0.29) is 5.41 Å². The van der Waals surface area contributed by atoms with Gasteiger partial charge in [-0.15, -0.1) is 0 Å². The largest absolute Gasteiger partial charge is 0.381 e. The van der Waals surface area contributed by atoms with Crippen molar-refractivity contribution in [2.45, 2.75) is 64.5 Å². The Morgan fingerprint density at radius 1 is 1.42 bits per heavy atom. The normalized spacial score (nSPS) is 37.5. The molecular weight excluding hydrogens is 298 g/mol. The van der Waals surface area contributed by atoms with Crippen LogP contribution in [0.25, 0.3) is 0 Å². The van der Waals surface area contributed by atoms with Crippen LogP contribution in [0, 0.1) is 11.3 Å². The van der Waals surface area contributed by atoms with E-state index >= 15 is 0 Å². The van der Waals surface area contributed by atoms with E-state index in [2.05, 4.69) is 37.0 Å². The maximum absolute atomic E-state index is 11.4. The number of fused-ring (bicyclic) bond motifs is 1. The quantitative estimate of drug-likeness (QED) is 0.557. The van der Waals surface area contributed by atoms with Crippen molar-refractivity contribution < 1.29 is 9.53 Å². The Kier molecular flexibility index (Phi) is 5.29. The van der Waals surface area contributed by atoms with Crippen LogP contribution in [0.1, 0.15) is 52.4 Å². The Labute approximate surface area is 146 Å². The molecule has 1 saturated carbocycles. The van der Waals surface area contributed by atoms with Crippen molar-refractivity contribution >= 4 is 6.29 Å².